The van der Waals surface area contributed by atoms with E-state index in [0.717, 1.165) is 0 Å². The summed E-state index contributed by atoms with van der Waals surface area (Å²) in [5.74, 6) is -0.742. The van der Waals surface area contributed by atoms with Crippen molar-refractivity contribution in [1.82, 2.24) is 11.0 Å². The number of hydroxylamine groups is 2. The normalized spacial score (nSPS) is 31.8. The number of carbonyl (C=O) groups excluding carboxylic acids is 2. The monoisotopic (exact) mass is 262 g/mol. The number of aliphatic hydroxyl groups excluding tert-OH is 1. The number of hydrogen-bond acceptors (Lipinski definition) is 6. The Morgan fingerprint density at radius 3 is 2.33 bits per heavy atom. The first-order chi connectivity index (χ1) is 8.40. The van der Waals surface area contributed by atoms with E-state index in [2.05, 4.69) is 11.0 Å². The van der Waals surface area contributed by atoms with Gasteiger partial charge in [-0.15, -0.1) is 0 Å². The van der Waals surface area contributed by atoms with Gasteiger partial charge in [0.05, 0.1) is 6.10 Å². The maximum atomic E-state index is 10.8. The minimum absolute atomic E-state index is 0.120. The van der Waals surface area contributed by atoms with E-state index in [1.165, 1.54) is 13.8 Å². The number of carbonyl (C=O) groups is 2. The van der Waals surface area contributed by atoms with Crippen molar-refractivity contribution in [2.45, 2.75) is 51.8 Å². The lowest BCUT2D eigenvalue weighted by molar-refractivity contribution is -0.265. The average Bonchev–Trinajstić information content (AvgIpc) is 2.24. The number of amides is 2. The summed E-state index contributed by atoms with van der Waals surface area (Å²) in [7, 11) is 0. The van der Waals surface area contributed by atoms with Crippen molar-refractivity contribution in [2.24, 2.45) is 0 Å². The Labute approximate surface area is 104 Å². The summed E-state index contributed by atoms with van der Waals surface area (Å²) in [6.45, 7) is 4.26. The maximum Gasteiger partial charge on any atom is 0.240 e. The van der Waals surface area contributed by atoms with Gasteiger partial charge >= 0.3 is 0 Å². The lowest BCUT2D eigenvalue weighted by atomic mass is 10.0. The van der Waals surface area contributed by atoms with E-state index in [1.807, 2.05) is 0 Å². The summed E-state index contributed by atoms with van der Waals surface area (Å²) in [4.78, 5) is 31.8. The third-order valence-electron chi connectivity index (χ3n) is 2.33. The van der Waals surface area contributed by atoms with Crippen molar-refractivity contribution < 1.29 is 29.1 Å². The van der Waals surface area contributed by atoms with E-state index >= 15 is 0 Å². The first-order valence-corrected chi connectivity index (χ1v) is 5.58. The molecule has 1 fully saturated rings. The highest BCUT2D eigenvalue weighted by atomic mass is 16.7. The van der Waals surface area contributed by atoms with Crippen molar-refractivity contribution in [3.63, 3.8) is 0 Å². The van der Waals surface area contributed by atoms with Crippen molar-refractivity contribution >= 4 is 11.8 Å². The molecule has 1 heterocycles. The molecule has 1 saturated heterocycles. The Hall–Kier alpha value is -1.22. The molecular formula is C10H18N2O6. The molecular weight excluding hydrogens is 244 g/mol. The average molecular weight is 262 g/mol. The topological polar surface area (TPSA) is 106 Å². The van der Waals surface area contributed by atoms with E-state index < -0.39 is 24.6 Å². The number of aliphatic hydroxyl groups is 1. The van der Waals surface area contributed by atoms with Crippen molar-refractivity contribution in [3.8, 4) is 0 Å². The van der Waals surface area contributed by atoms with Crippen molar-refractivity contribution in [2.75, 3.05) is 0 Å². The van der Waals surface area contributed by atoms with Crippen LogP contribution in [0.2, 0.25) is 0 Å². The van der Waals surface area contributed by atoms with Gasteiger partial charge in [-0.1, -0.05) is 0 Å². The highest BCUT2D eigenvalue weighted by molar-refractivity contribution is 5.71. The molecule has 3 N–H and O–H groups in total. The standard InChI is InChI=1S/C10H18N2O6/c1-5-10(18-12-7(3)14)8(4-9(15)16-5)17-11-6(2)13/h5,8-10,15H,4H2,1-3H3,(H,11,13)(H,12,14)/t5-,8+,9+,10-/m1/s1. The summed E-state index contributed by atoms with van der Waals surface area (Å²) in [5.41, 5.74) is 4.36. The van der Waals surface area contributed by atoms with Crippen LogP contribution in [0.4, 0.5) is 0 Å². The molecule has 0 spiro atoms. The Morgan fingerprint density at radius 2 is 1.78 bits per heavy atom. The molecule has 1 aliphatic heterocycles. The molecule has 8 nitrogen and oxygen atoms in total. The molecule has 18 heavy (non-hydrogen) atoms. The highest BCUT2D eigenvalue weighted by Crippen LogP contribution is 2.22. The maximum absolute atomic E-state index is 10.8. The Morgan fingerprint density at radius 1 is 1.22 bits per heavy atom. The van der Waals surface area contributed by atoms with E-state index in [4.69, 9.17) is 14.4 Å². The van der Waals surface area contributed by atoms with Crippen molar-refractivity contribution in [3.05, 3.63) is 0 Å². The second kappa shape index (κ2) is 6.64. The summed E-state index contributed by atoms with van der Waals surface area (Å²) in [5, 5.41) is 9.45. The molecule has 0 aromatic carbocycles. The van der Waals surface area contributed by atoms with E-state index in [9.17, 15) is 14.7 Å². The van der Waals surface area contributed by atoms with Gasteiger partial charge in [-0.05, 0) is 6.92 Å². The smallest absolute Gasteiger partial charge is 0.240 e. The quantitative estimate of drug-likeness (QED) is 0.560. The molecule has 1 aliphatic rings. The number of hydrogen-bond donors (Lipinski definition) is 3. The van der Waals surface area contributed by atoms with Gasteiger partial charge in [-0.3, -0.25) is 19.3 Å². The third kappa shape index (κ3) is 4.57. The zero-order valence-electron chi connectivity index (χ0n) is 10.5. The van der Waals surface area contributed by atoms with Gasteiger partial charge in [0.15, 0.2) is 6.29 Å². The summed E-state index contributed by atoms with van der Waals surface area (Å²) in [6, 6.07) is 0. The minimum atomic E-state index is -1.00. The zero-order chi connectivity index (χ0) is 13.7. The van der Waals surface area contributed by atoms with Crippen LogP contribution < -0.4 is 11.0 Å². The van der Waals surface area contributed by atoms with E-state index in [-0.39, 0.29) is 18.2 Å². The van der Waals surface area contributed by atoms with E-state index in [1.54, 1.807) is 6.92 Å². The molecule has 8 heteroatoms. The van der Waals surface area contributed by atoms with Gasteiger partial charge in [-0.25, -0.2) is 11.0 Å². The van der Waals surface area contributed by atoms with Crippen LogP contribution in [-0.4, -0.2) is 41.5 Å². The lowest BCUT2D eigenvalue weighted by Crippen LogP contribution is -2.53. The molecule has 0 radical (unpaired) electrons. The molecule has 104 valence electrons. The van der Waals surface area contributed by atoms with Crippen LogP contribution in [0.25, 0.3) is 0 Å². The van der Waals surface area contributed by atoms with Crippen LogP contribution in [0.5, 0.6) is 0 Å². The van der Waals surface area contributed by atoms with Crippen LogP contribution in [0.1, 0.15) is 27.2 Å². The van der Waals surface area contributed by atoms with Gasteiger partial charge in [-0.2, -0.15) is 0 Å². The third-order valence-corrected chi connectivity index (χ3v) is 2.33. The van der Waals surface area contributed by atoms with Gasteiger partial charge in [0.25, 0.3) is 0 Å². The van der Waals surface area contributed by atoms with Crippen LogP contribution in [0.3, 0.4) is 0 Å². The van der Waals surface area contributed by atoms with Crippen LogP contribution in [-0.2, 0) is 24.0 Å². The summed E-state index contributed by atoms with van der Waals surface area (Å²) < 4.78 is 5.15. The van der Waals surface area contributed by atoms with Crippen LogP contribution >= 0.6 is 0 Å². The van der Waals surface area contributed by atoms with Gasteiger partial charge in [0.1, 0.15) is 12.2 Å². The van der Waals surface area contributed by atoms with Crippen molar-refractivity contribution in [1.29, 1.82) is 0 Å². The molecule has 0 bridgehead atoms. The first kappa shape index (κ1) is 14.8. The fourth-order valence-electron chi connectivity index (χ4n) is 1.61. The Balaban J connectivity index is 2.59. The number of ether oxygens (including phenoxy) is 1. The lowest BCUT2D eigenvalue weighted by Gasteiger charge is -2.37. The summed E-state index contributed by atoms with van der Waals surface area (Å²) >= 11 is 0. The van der Waals surface area contributed by atoms with Gasteiger partial charge < -0.3 is 9.84 Å². The second-order valence-electron chi connectivity index (χ2n) is 4.09. The minimum Gasteiger partial charge on any atom is -0.368 e. The Bertz CT molecular complexity index is 311. The summed E-state index contributed by atoms with van der Waals surface area (Å²) in [6.07, 6.45) is -2.64. The van der Waals surface area contributed by atoms with Gasteiger partial charge in [0, 0.05) is 20.3 Å². The number of rotatable bonds is 4. The first-order valence-electron chi connectivity index (χ1n) is 5.58. The molecule has 0 aliphatic carbocycles. The molecule has 0 aromatic rings. The second-order valence-corrected chi connectivity index (χ2v) is 4.09. The largest absolute Gasteiger partial charge is 0.368 e. The van der Waals surface area contributed by atoms with Crippen LogP contribution in [0, 0.1) is 0 Å². The predicted octanol–water partition coefficient (Wildman–Crippen LogP) is -1.01. The number of nitrogens with one attached hydrogen (secondary N) is 2. The molecule has 1 rings (SSSR count). The molecule has 0 saturated carbocycles. The molecule has 4 atom stereocenters. The fraction of sp³-hybridized carbons (Fsp3) is 0.800. The molecule has 0 aromatic heterocycles. The van der Waals surface area contributed by atoms with E-state index in [0.29, 0.717) is 0 Å². The molecule has 0 unspecified atom stereocenters. The fourth-order valence-corrected chi connectivity index (χ4v) is 1.61. The predicted molar refractivity (Wildman–Crippen MR) is 58.6 cm³/mol. The SMILES string of the molecule is CC(=O)NO[C@H]1[C@@H](ONC(C)=O)C[C@@H](O)O[C@@H]1C. The zero-order valence-corrected chi connectivity index (χ0v) is 10.5. The molecule has 2 amide bonds. The Kier molecular flexibility index (Phi) is 5.48. The van der Waals surface area contributed by atoms with Crippen LogP contribution in [0.15, 0.2) is 0 Å². The highest BCUT2D eigenvalue weighted by Gasteiger charge is 2.39. The van der Waals surface area contributed by atoms with Gasteiger partial charge in [0.2, 0.25) is 11.8 Å².